The van der Waals surface area contributed by atoms with Gasteiger partial charge in [0.1, 0.15) is 0 Å². The van der Waals surface area contributed by atoms with Crippen molar-refractivity contribution in [2.45, 2.75) is 19.4 Å². The number of rotatable bonds is 4. The zero-order chi connectivity index (χ0) is 13.1. The second-order valence-electron chi connectivity index (χ2n) is 4.53. The molecular weight excluding hydrogens is 232 g/mol. The Labute approximate surface area is 107 Å². The number of Topliss-reactive ketones (excluding diaryl/α,β-unsaturated/α-hetero) is 1. The van der Waals surface area contributed by atoms with E-state index >= 15 is 0 Å². The molecule has 1 rings (SSSR count). The van der Waals surface area contributed by atoms with Crippen molar-refractivity contribution in [3.63, 3.8) is 0 Å². The van der Waals surface area contributed by atoms with Crippen molar-refractivity contribution >= 4 is 28.8 Å². The number of carbonyl (C=O) groups is 1. The summed E-state index contributed by atoms with van der Waals surface area (Å²) in [5.74, 6) is 0.0837. The van der Waals surface area contributed by atoms with E-state index in [9.17, 15) is 4.79 Å². The SMILES string of the molecule is CN(C)C(C)(C)C(=O)c1ccc(N=C=S)cc1. The quantitative estimate of drug-likeness (QED) is 0.466. The molecule has 0 aromatic heterocycles. The minimum absolute atomic E-state index is 0.0837. The number of aliphatic imine (C=N–C) groups is 1. The van der Waals surface area contributed by atoms with Crippen LogP contribution in [0.2, 0.25) is 0 Å². The second kappa shape index (κ2) is 5.32. The highest BCUT2D eigenvalue weighted by atomic mass is 32.1. The van der Waals surface area contributed by atoms with Crippen molar-refractivity contribution in [1.82, 2.24) is 4.90 Å². The standard InChI is InChI=1S/C13H16N2OS/c1-13(2,15(3)4)12(16)10-5-7-11(8-6-10)14-9-17/h5-8H,1-4H3. The van der Waals surface area contributed by atoms with Crippen LogP contribution in [0, 0.1) is 0 Å². The number of nitrogens with zero attached hydrogens (tertiary/aromatic N) is 2. The largest absolute Gasteiger partial charge is 0.297 e. The molecule has 0 saturated carbocycles. The lowest BCUT2D eigenvalue weighted by Gasteiger charge is -2.30. The zero-order valence-corrected chi connectivity index (χ0v) is 11.3. The topological polar surface area (TPSA) is 32.7 Å². The molecule has 1 aromatic rings. The third-order valence-electron chi connectivity index (χ3n) is 2.98. The summed E-state index contributed by atoms with van der Waals surface area (Å²) in [5.41, 5.74) is 0.862. The average Bonchev–Trinajstić information content (AvgIpc) is 2.29. The molecule has 90 valence electrons. The Morgan fingerprint density at radius 1 is 1.29 bits per heavy atom. The Bertz CT molecular complexity index is 457. The van der Waals surface area contributed by atoms with Gasteiger partial charge in [0.2, 0.25) is 0 Å². The first kappa shape index (κ1) is 13.7. The van der Waals surface area contributed by atoms with Crippen molar-refractivity contribution in [2.75, 3.05) is 14.1 Å². The van der Waals surface area contributed by atoms with E-state index in [0.717, 1.165) is 0 Å². The lowest BCUT2D eigenvalue weighted by molar-refractivity contribution is 0.0755. The second-order valence-corrected chi connectivity index (χ2v) is 4.72. The Kier molecular flexibility index (Phi) is 4.29. The van der Waals surface area contributed by atoms with Gasteiger partial charge in [0.15, 0.2) is 5.78 Å². The summed E-state index contributed by atoms with van der Waals surface area (Å²) in [5, 5.41) is 2.30. The number of isothiocyanates is 1. The molecule has 0 fully saturated rings. The summed E-state index contributed by atoms with van der Waals surface area (Å²) in [7, 11) is 3.78. The fourth-order valence-corrected chi connectivity index (χ4v) is 1.40. The molecule has 0 aliphatic carbocycles. The number of carbonyl (C=O) groups excluding carboxylic acids is 1. The van der Waals surface area contributed by atoms with E-state index in [4.69, 9.17) is 0 Å². The molecule has 0 atom stereocenters. The Morgan fingerprint density at radius 3 is 2.24 bits per heavy atom. The molecule has 17 heavy (non-hydrogen) atoms. The highest BCUT2D eigenvalue weighted by molar-refractivity contribution is 7.78. The number of ketones is 1. The van der Waals surface area contributed by atoms with Crippen LogP contribution in [0.4, 0.5) is 5.69 Å². The summed E-state index contributed by atoms with van der Waals surface area (Å²) < 4.78 is 0. The van der Waals surface area contributed by atoms with E-state index in [1.54, 1.807) is 24.3 Å². The monoisotopic (exact) mass is 248 g/mol. The molecule has 0 amide bonds. The van der Waals surface area contributed by atoms with Gasteiger partial charge < -0.3 is 0 Å². The smallest absolute Gasteiger partial charge is 0.182 e. The van der Waals surface area contributed by atoms with Gasteiger partial charge in [0.25, 0.3) is 0 Å². The van der Waals surface area contributed by atoms with Gasteiger partial charge in [-0.1, -0.05) is 0 Å². The predicted molar refractivity (Wildman–Crippen MR) is 73.2 cm³/mol. The van der Waals surface area contributed by atoms with Gasteiger partial charge in [-0.25, -0.2) is 0 Å². The van der Waals surface area contributed by atoms with Crippen LogP contribution in [0.1, 0.15) is 24.2 Å². The molecule has 0 unspecified atom stereocenters. The summed E-state index contributed by atoms with van der Waals surface area (Å²) in [6.45, 7) is 3.80. The number of hydrogen-bond acceptors (Lipinski definition) is 4. The fourth-order valence-electron chi connectivity index (χ4n) is 1.30. The van der Waals surface area contributed by atoms with Gasteiger partial charge in [-0.3, -0.25) is 9.69 Å². The van der Waals surface area contributed by atoms with Crippen LogP contribution in [0.25, 0.3) is 0 Å². The van der Waals surface area contributed by atoms with Crippen LogP contribution in [0.5, 0.6) is 0 Å². The number of likely N-dealkylation sites (N-methyl/N-ethyl adjacent to an activating group) is 1. The molecule has 0 radical (unpaired) electrons. The van der Waals surface area contributed by atoms with E-state index in [-0.39, 0.29) is 5.78 Å². The van der Waals surface area contributed by atoms with Gasteiger partial charge in [-0.05, 0) is 64.4 Å². The first-order valence-electron chi connectivity index (χ1n) is 5.29. The maximum atomic E-state index is 12.3. The Balaban J connectivity index is 3.02. The van der Waals surface area contributed by atoms with Crippen molar-refractivity contribution in [1.29, 1.82) is 0 Å². The van der Waals surface area contributed by atoms with Crippen molar-refractivity contribution in [3.8, 4) is 0 Å². The van der Waals surface area contributed by atoms with Gasteiger partial charge in [0, 0.05) is 5.56 Å². The van der Waals surface area contributed by atoms with Crippen LogP contribution in [-0.4, -0.2) is 35.5 Å². The molecule has 1 aromatic carbocycles. The predicted octanol–water partition coefficient (Wildman–Crippen LogP) is 2.94. The zero-order valence-electron chi connectivity index (χ0n) is 10.5. The van der Waals surface area contributed by atoms with Crippen molar-refractivity contribution in [3.05, 3.63) is 29.8 Å². The van der Waals surface area contributed by atoms with Gasteiger partial charge in [0.05, 0.1) is 16.4 Å². The van der Waals surface area contributed by atoms with Crippen LogP contribution in [0.15, 0.2) is 29.3 Å². The minimum atomic E-state index is -0.519. The molecular formula is C13H16N2OS. The highest BCUT2D eigenvalue weighted by Gasteiger charge is 2.30. The van der Waals surface area contributed by atoms with Crippen LogP contribution in [0.3, 0.4) is 0 Å². The molecule has 0 aliphatic heterocycles. The van der Waals surface area contributed by atoms with Crippen molar-refractivity contribution in [2.24, 2.45) is 4.99 Å². The minimum Gasteiger partial charge on any atom is -0.297 e. The summed E-state index contributed by atoms with van der Waals surface area (Å²) in [6.07, 6.45) is 0. The van der Waals surface area contributed by atoms with Crippen LogP contribution < -0.4 is 0 Å². The molecule has 0 heterocycles. The molecule has 0 N–H and O–H groups in total. The fraction of sp³-hybridized carbons (Fsp3) is 0.385. The third kappa shape index (κ3) is 3.07. The normalized spacial score (nSPS) is 11.1. The number of benzene rings is 1. The number of hydrogen-bond donors (Lipinski definition) is 0. The highest BCUT2D eigenvalue weighted by Crippen LogP contribution is 2.20. The maximum absolute atomic E-state index is 12.3. The summed E-state index contributed by atoms with van der Waals surface area (Å²) in [6, 6.07) is 7.05. The van der Waals surface area contributed by atoms with E-state index in [1.165, 1.54) is 0 Å². The first-order chi connectivity index (χ1) is 7.89. The van der Waals surface area contributed by atoms with Crippen LogP contribution in [-0.2, 0) is 0 Å². The summed E-state index contributed by atoms with van der Waals surface area (Å²) >= 11 is 4.52. The molecule has 0 spiro atoms. The number of thiocarbonyl (C=S) groups is 1. The molecule has 0 bridgehead atoms. The van der Waals surface area contributed by atoms with Crippen molar-refractivity contribution < 1.29 is 4.79 Å². The third-order valence-corrected chi connectivity index (χ3v) is 3.07. The Morgan fingerprint density at radius 2 is 1.82 bits per heavy atom. The maximum Gasteiger partial charge on any atom is 0.182 e. The lowest BCUT2D eigenvalue weighted by Crippen LogP contribution is -2.45. The average molecular weight is 248 g/mol. The lowest BCUT2D eigenvalue weighted by atomic mass is 9.92. The van der Waals surface area contributed by atoms with Gasteiger partial charge in [-0.2, -0.15) is 4.99 Å². The van der Waals surface area contributed by atoms with Gasteiger partial charge in [-0.15, -0.1) is 0 Å². The van der Waals surface area contributed by atoms with Gasteiger partial charge >= 0.3 is 0 Å². The Hall–Kier alpha value is -1.35. The molecule has 4 heteroatoms. The molecule has 3 nitrogen and oxygen atoms in total. The summed E-state index contributed by atoms with van der Waals surface area (Å²) in [4.78, 5) is 18.0. The van der Waals surface area contributed by atoms with E-state index in [2.05, 4.69) is 22.4 Å². The van der Waals surface area contributed by atoms with E-state index < -0.39 is 5.54 Å². The van der Waals surface area contributed by atoms with Crippen LogP contribution >= 0.6 is 12.2 Å². The molecule has 0 saturated heterocycles. The van der Waals surface area contributed by atoms with E-state index in [0.29, 0.717) is 11.3 Å². The first-order valence-corrected chi connectivity index (χ1v) is 5.70. The molecule has 0 aliphatic rings. The van der Waals surface area contributed by atoms with E-state index in [1.807, 2.05) is 32.8 Å².